The molecule has 0 atom stereocenters. The number of thiophene rings is 1. The average Bonchev–Trinajstić information content (AvgIpc) is 3.06. The SMILES string of the molecule is COc1ccc([N+](=O)[O-])cc1NC(=S)NC(=O)/C=C/c1cccs1. The lowest BCUT2D eigenvalue weighted by Crippen LogP contribution is -2.32. The minimum absolute atomic E-state index is 0.00891. The van der Waals surface area contributed by atoms with Crippen LogP contribution in [-0.2, 0) is 4.79 Å². The van der Waals surface area contributed by atoms with Crippen molar-refractivity contribution in [2.45, 2.75) is 0 Å². The normalized spacial score (nSPS) is 10.4. The van der Waals surface area contributed by atoms with Gasteiger partial charge in [-0.05, 0) is 35.8 Å². The first kappa shape index (κ1) is 17.6. The molecule has 1 amide bonds. The van der Waals surface area contributed by atoms with Gasteiger partial charge >= 0.3 is 0 Å². The standard InChI is InChI=1S/C15H13N3O4S2/c1-22-13-6-4-10(18(20)21)9-12(13)16-15(23)17-14(19)7-5-11-3-2-8-24-11/h2-9H,1H3,(H2,16,17,19,23)/b7-5+. The quantitative estimate of drug-likeness (QED) is 0.367. The molecule has 0 saturated carbocycles. The summed E-state index contributed by atoms with van der Waals surface area (Å²) in [6.07, 6.45) is 3.01. The van der Waals surface area contributed by atoms with Crippen molar-refractivity contribution in [3.63, 3.8) is 0 Å². The molecule has 1 heterocycles. The molecule has 0 radical (unpaired) electrons. The van der Waals surface area contributed by atoms with Gasteiger partial charge < -0.3 is 10.1 Å². The smallest absolute Gasteiger partial charge is 0.271 e. The highest BCUT2D eigenvalue weighted by atomic mass is 32.1. The van der Waals surface area contributed by atoms with Crippen LogP contribution in [0.4, 0.5) is 11.4 Å². The van der Waals surface area contributed by atoms with Crippen LogP contribution in [0.2, 0.25) is 0 Å². The Balaban J connectivity index is 2.02. The minimum Gasteiger partial charge on any atom is -0.495 e. The zero-order valence-corrected chi connectivity index (χ0v) is 14.1. The van der Waals surface area contributed by atoms with Crippen LogP contribution < -0.4 is 15.4 Å². The number of nitrogens with zero attached hydrogens (tertiary/aromatic N) is 1. The fourth-order valence-electron chi connectivity index (χ4n) is 1.76. The first-order chi connectivity index (χ1) is 11.5. The van der Waals surface area contributed by atoms with Gasteiger partial charge in [0.2, 0.25) is 5.91 Å². The van der Waals surface area contributed by atoms with Gasteiger partial charge in [0, 0.05) is 23.1 Å². The third kappa shape index (κ3) is 4.86. The molecule has 0 saturated heterocycles. The number of rotatable bonds is 5. The molecule has 0 unspecified atom stereocenters. The average molecular weight is 363 g/mol. The number of nitro groups is 1. The monoisotopic (exact) mass is 363 g/mol. The number of methoxy groups -OCH3 is 1. The first-order valence-electron chi connectivity index (χ1n) is 6.65. The zero-order chi connectivity index (χ0) is 17.5. The van der Waals surface area contributed by atoms with Crippen LogP contribution in [0.15, 0.2) is 41.8 Å². The molecule has 2 aromatic rings. The molecule has 0 spiro atoms. The molecule has 2 rings (SSSR count). The van der Waals surface area contributed by atoms with E-state index in [1.807, 2.05) is 17.5 Å². The predicted octanol–water partition coefficient (Wildman–Crippen LogP) is 3.19. The Morgan fingerprint density at radius 3 is 2.83 bits per heavy atom. The number of amides is 1. The highest BCUT2D eigenvalue weighted by Gasteiger charge is 2.13. The Morgan fingerprint density at radius 2 is 2.21 bits per heavy atom. The molecule has 24 heavy (non-hydrogen) atoms. The molecule has 7 nitrogen and oxygen atoms in total. The summed E-state index contributed by atoms with van der Waals surface area (Å²) >= 11 is 6.54. The summed E-state index contributed by atoms with van der Waals surface area (Å²) < 4.78 is 5.11. The molecule has 0 fully saturated rings. The number of nitrogens with one attached hydrogen (secondary N) is 2. The third-order valence-electron chi connectivity index (χ3n) is 2.82. The number of hydrogen-bond donors (Lipinski definition) is 2. The van der Waals surface area contributed by atoms with Gasteiger partial charge in [0.15, 0.2) is 5.11 Å². The van der Waals surface area contributed by atoms with E-state index in [-0.39, 0.29) is 10.8 Å². The van der Waals surface area contributed by atoms with E-state index in [0.717, 1.165) is 4.88 Å². The Morgan fingerprint density at radius 1 is 1.42 bits per heavy atom. The topological polar surface area (TPSA) is 93.5 Å². The zero-order valence-electron chi connectivity index (χ0n) is 12.5. The van der Waals surface area contributed by atoms with E-state index in [0.29, 0.717) is 11.4 Å². The Kier molecular flexibility index (Phi) is 5.99. The largest absolute Gasteiger partial charge is 0.495 e. The first-order valence-corrected chi connectivity index (χ1v) is 7.94. The number of anilines is 1. The molecular weight excluding hydrogens is 350 g/mol. The number of benzene rings is 1. The summed E-state index contributed by atoms with van der Waals surface area (Å²) in [5, 5.41) is 17.9. The number of hydrogen-bond acceptors (Lipinski definition) is 6. The van der Waals surface area contributed by atoms with Crippen LogP contribution in [0.5, 0.6) is 5.75 Å². The van der Waals surface area contributed by atoms with E-state index in [4.69, 9.17) is 17.0 Å². The second-order valence-corrected chi connectivity index (χ2v) is 5.82. The molecule has 1 aromatic heterocycles. The molecular formula is C15H13N3O4S2. The van der Waals surface area contributed by atoms with Gasteiger partial charge in [-0.1, -0.05) is 6.07 Å². The Labute approximate surface area is 147 Å². The maximum Gasteiger partial charge on any atom is 0.271 e. The maximum atomic E-state index is 11.8. The number of nitro benzene ring substituents is 1. The van der Waals surface area contributed by atoms with Gasteiger partial charge in [-0.15, -0.1) is 11.3 Å². The van der Waals surface area contributed by atoms with E-state index in [2.05, 4.69) is 10.6 Å². The van der Waals surface area contributed by atoms with Gasteiger partial charge in [0.25, 0.3) is 5.69 Å². The van der Waals surface area contributed by atoms with Gasteiger partial charge in [0.05, 0.1) is 17.7 Å². The summed E-state index contributed by atoms with van der Waals surface area (Å²) in [6.45, 7) is 0. The maximum absolute atomic E-state index is 11.8. The number of thiocarbonyl (C=S) groups is 1. The van der Waals surface area contributed by atoms with Crippen molar-refractivity contribution >= 4 is 52.0 Å². The number of carbonyl (C=O) groups excluding carboxylic acids is 1. The van der Waals surface area contributed by atoms with E-state index in [9.17, 15) is 14.9 Å². The van der Waals surface area contributed by atoms with Crippen LogP contribution in [0.1, 0.15) is 4.88 Å². The fraction of sp³-hybridized carbons (Fsp3) is 0.0667. The molecule has 0 aliphatic rings. The van der Waals surface area contributed by atoms with Crippen LogP contribution in [0, 0.1) is 10.1 Å². The molecule has 9 heteroatoms. The second kappa shape index (κ2) is 8.18. The van der Waals surface area contributed by atoms with Crippen molar-refractivity contribution in [3.8, 4) is 5.75 Å². The van der Waals surface area contributed by atoms with Crippen molar-refractivity contribution in [1.82, 2.24) is 5.32 Å². The van der Waals surface area contributed by atoms with Crippen molar-refractivity contribution in [3.05, 3.63) is 56.8 Å². The number of carbonyl (C=O) groups is 1. The van der Waals surface area contributed by atoms with Gasteiger partial charge in [-0.2, -0.15) is 0 Å². The summed E-state index contributed by atoms with van der Waals surface area (Å²) in [5.74, 6) is -0.0448. The lowest BCUT2D eigenvalue weighted by atomic mass is 10.2. The summed E-state index contributed by atoms with van der Waals surface area (Å²) in [6, 6.07) is 7.79. The molecule has 0 aliphatic carbocycles. The highest BCUT2D eigenvalue weighted by molar-refractivity contribution is 7.80. The van der Waals surface area contributed by atoms with Crippen LogP contribution >= 0.6 is 23.6 Å². The molecule has 124 valence electrons. The lowest BCUT2D eigenvalue weighted by Gasteiger charge is -2.11. The fourth-order valence-corrected chi connectivity index (χ4v) is 2.59. The second-order valence-electron chi connectivity index (χ2n) is 4.43. The summed E-state index contributed by atoms with van der Waals surface area (Å²) in [4.78, 5) is 23.1. The predicted molar refractivity (Wildman–Crippen MR) is 97.4 cm³/mol. The van der Waals surface area contributed by atoms with E-state index in [1.165, 1.54) is 42.7 Å². The number of ether oxygens (including phenoxy) is 1. The van der Waals surface area contributed by atoms with Gasteiger partial charge in [-0.3, -0.25) is 20.2 Å². The highest BCUT2D eigenvalue weighted by Crippen LogP contribution is 2.28. The van der Waals surface area contributed by atoms with Crippen LogP contribution in [0.3, 0.4) is 0 Å². The van der Waals surface area contributed by atoms with E-state index < -0.39 is 10.8 Å². The number of non-ortho nitro benzene ring substituents is 1. The van der Waals surface area contributed by atoms with Gasteiger partial charge in [-0.25, -0.2) is 0 Å². The van der Waals surface area contributed by atoms with E-state index >= 15 is 0 Å². The van der Waals surface area contributed by atoms with Crippen LogP contribution in [-0.4, -0.2) is 23.1 Å². The van der Waals surface area contributed by atoms with Crippen molar-refractivity contribution in [2.24, 2.45) is 0 Å². The molecule has 1 aromatic carbocycles. The lowest BCUT2D eigenvalue weighted by molar-refractivity contribution is -0.384. The Hall–Kier alpha value is -2.78. The summed E-state index contributed by atoms with van der Waals surface area (Å²) in [7, 11) is 1.43. The third-order valence-corrected chi connectivity index (χ3v) is 3.86. The van der Waals surface area contributed by atoms with Crippen molar-refractivity contribution in [2.75, 3.05) is 12.4 Å². The van der Waals surface area contributed by atoms with E-state index in [1.54, 1.807) is 6.08 Å². The van der Waals surface area contributed by atoms with Gasteiger partial charge in [0.1, 0.15) is 5.75 Å². The molecule has 2 N–H and O–H groups in total. The minimum atomic E-state index is -0.532. The van der Waals surface area contributed by atoms with Crippen molar-refractivity contribution in [1.29, 1.82) is 0 Å². The van der Waals surface area contributed by atoms with Crippen LogP contribution in [0.25, 0.3) is 6.08 Å². The molecule has 0 aliphatic heterocycles. The molecule has 0 bridgehead atoms. The Bertz CT molecular complexity index is 788. The summed E-state index contributed by atoms with van der Waals surface area (Å²) in [5.41, 5.74) is 0.171. The van der Waals surface area contributed by atoms with Crippen molar-refractivity contribution < 1.29 is 14.5 Å².